The number of carbonyl (C=O) groups excluding carboxylic acids is 2. The zero-order valence-corrected chi connectivity index (χ0v) is 12.8. The Kier molecular flexibility index (Phi) is 4.51. The van der Waals surface area contributed by atoms with Gasteiger partial charge in [0, 0.05) is 32.0 Å². The normalized spacial score (nSPS) is 29.8. The second kappa shape index (κ2) is 6.55. The Labute approximate surface area is 131 Å². The fourth-order valence-corrected chi connectivity index (χ4v) is 3.88. The van der Waals surface area contributed by atoms with Gasteiger partial charge in [-0.15, -0.1) is 0 Å². The number of benzene rings is 1. The molecule has 0 aromatic heterocycles. The molecule has 1 saturated heterocycles. The van der Waals surface area contributed by atoms with E-state index in [1.807, 2.05) is 18.2 Å². The van der Waals surface area contributed by atoms with Crippen molar-refractivity contribution in [1.82, 2.24) is 4.90 Å². The predicted molar refractivity (Wildman–Crippen MR) is 84.3 cm³/mol. The lowest BCUT2D eigenvalue weighted by molar-refractivity contribution is -0.122. The van der Waals surface area contributed by atoms with Crippen LogP contribution in [0.2, 0.25) is 0 Å². The maximum absolute atomic E-state index is 11.4. The van der Waals surface area contributed by atoms with Crippen molar-refractivity contribution in [3.63, 3.8) is 0 Å². The van der Waals surface area contributed by atoms with Crippen molar-refractivity contribution in [3.8, 4) is 0 Å². The molecule has 1 saturated carbocycles. The molecule has 0 N–H and O–H groups in total. The van der Waals surface area contributed by atoms with Crippen molar-refractivity contribution in [2.75, 3.05) is 13.1 Å². The summed E-state index contributed by atoms with van der Waals surface area (Å²) in [4.78, 5) is 29.0. The van der Waals surface area contributed by atoms with E-state index in [-0.39, 0.29) is 0 Å². The molecule has 0 radical (unpaired) electrons. The Bertz CT molecular complexity index is 560. The first-order chi connectivity index (χ1) is 10.7. The van der Waals surface area contributed by atoms with Crippen LogP contribution < -0.4 is 0 Å². The number of nitrogens with zero attached hydrogens (tertiary/aromatic N) is 2. The van der Waals surface area contributed by atoms with E-state index in [0.717, 1.165) is 44.3 Å². The van der Waals surface area contributed by atoms with Crippen LogP contribution in [0.5, 0.6) is 0 Å². The number of likely N-dealkylation sites (tertiary alicyclic amines) is 1. The van der Waals surface area contributed by atoms with Gasteiger partial charge in [0.15, 0.2) is 0 Å². The van der Waals surface area contributed by atoms with Gasteiger partial charge in [-0.1, -0.05) is 30.3 Å². The molecule has 0 bridgehead atoms. The summed E-state index contributed by atoms with van der Waals surface area (Å²) in [5, 5.41) is 0. The van der Waals surface area contributed by atoms with Gasteiger partial charge in [-0.05, 0) is 31.2 Å². The summed E-state index contributed by atoms with van der Waals surface area (Å²) < 4.78 is 0. The van der Waals surface area contributed by atoms with E-state index in [1.54, 1.807) is 6.08 Å². The molecule has 0 atom stereocenters. The molecule has 0 unspecified atom stereocenters. The number of isocyanates is 1. The molecule has 4 heteroatoms. The second-order valence-corrected chi connectivity index (χ2v) is 6.41. The number of aliphatic imine (C=N–C) groups is 1. The number of Topliss-reactive ketones (excluding diaryl/α,β-unsaturated/α-hetero) is 1. The first kappa shape index (κ1) is 15.1. The summed E-state index contributed by atoms with van der Waals surface area (Å²) in [6, 6.07) is 10.6. The quantitative estimate of drug-likeness (QED) is 0.637. The van der Waals surface area contributed by atoms with Gasteiger partial charge in [0.1, 0.15) is 5.78 Å². The Morgan fingerprint density at radius 1 is 1.09 bits per heavy atom. The Morgan fingerprint density at radius 3 is 2.32 bits per heavy atom. The lowest BCUT2D eigenvalue weighted by atomic mass is 9.75. The van der Waals surface area contributed by atoms with Crippen LogP contribution in [0.1, 0.15) is 44.1 Å². The van der Waals surface area contributed by atoms with Crippen LogP contribution in [0.25, 0.3) is 0 Å². The zero-order valence-electron chi connectivity index (χ0n) is 12.8. The highest BCUT2D eigenvalue weighted by molar-refractivity contribution is 5.79. The van der Waals surface area contributed by atoms with E-state index >= 15 is 0 Å². The van der Waals surface area contributed by atoms with E-state index in [1.165, 1.54) is 0 Å². The van der Waals surface area contributed by atoms with Gasteiger partial charge < -0.3 is 0 Å². The Hall–Kier alpha value is -1.77. The van der Waals surface area contributed by atoms with Crippen molar-refractivity contribution in [3.05, 3.63) is 35.9 Å². The highest BCUT2D eigenvalue weighted by Gasteiger charge is 2.38. The molecule has 4 nitrogen and oxygen atoms in total. The molecule has 2 fully saturated rings. The predicted octanol–water partition coefficient (Wildman–Crippen LogP) is 2.83. The second-order valence-electron chi connectivity index (χ2n) is 6.41. The average molecular weight is 298 g/mol. The van der Waals surface area contributed by atoms with E-state index in [2.05, 4.69) is 22.0 Å². The fraction of sp³-hybridized carbons (Fsp3) is 0.556. The van der Waals surface area contributed by atoms with Gasteiger partial charge in [-0.25, -0.2) is 4.79 Å². The van der Waals surface area contributed by atoms with Gasteiger partial charge in [0.25, 0.3) is 0 Å². The lowest BCUT2D eigenvalue weighted by Crippen LogP contribution is -2.45. The zero-order chi connectivity index (χ0) is 15.4. The van der Waals surface area contributed by atoms with Crippen molar-refractivity contribution in [2.24, 2.45) is 4.99 Å². The molecule has 1 aliphatic heterocycles. The van der Waals surface area contributed by atoms with Gasteiger partial charge in [0.05, 0.1) is 5.54 Å². The maximum Gasteiger partial charge on any atom is 0.235 e. The molecule has 0 spiro atoms. The molecule has 1 aliphatic carbocycles. The molecule has 1 aromatic carbocycles. The molecule has 3 rings (SSSR count). The van der Waals surface area contributed by atoms with Gasteiger partial charge in [-0.3, -0.25) is 9.69 Å². The van der Waals surface area contributed by atoms with E-state index in [0.29, 0.717) is 24.7 Å². The van der Waals surface area contributed by atoms with Crippen molar-refractivity contribution < 1.29 is 9.59 Å². The Morgan fingerprint density at radius 2 is 1.73 bits per heavy atom. The topological polar surface area (TPSA) is 49.7 Å². The summed E-state index contributed by atoms with van der Waals surface area (Å²) >= 11 is 0. The minimum Gasteiger partial charge on any atom is -0.300 e. The van der Waals surface area contributed by atoms with E-state index in [4.69, 9.17) is 0 Å². The van der Waals surface area contributed by atoms with Crippen LogP contribution in [0, 0.1) is 0 Å². The van der Waals surface area contributed by atoms with Gasteiger partial charge in [0.2, 0.25) is 6.08 Å². The lowest BCUT2D eigenvalue weighted by Gasteiger charge is -2.42. The Balaban J connectivity index is 1.70. The van der Waals surface area contributed by atoms with Crippen LogP contribution in [0.15, 0.2) is 35.3 Å². The number of piperidine rings is 1. The summed E-state index contributed by atoms with van der Waals surface area (Å²) in [5.74, 6) is 0.385. The third-order valence-corrected chi connectivity index (χ3v) is 5.23. The van der Waals surface area contributed by atoms with Crippen molar-refractivity contribution >= 4 is 11.9 Å². The standard InChI is InChI=1S/C18H22N2O2/c21-14-19-18(15-4-2-1-3-5-15)10-6-16(7-11-18)20-12-8-17(22)9-13-20/h1-5,16H,6-13H2/t16-,18+. The summed E-state index contributed by atoms with van der Waals surface area (Å²) in [5.41, 5.74) is 0.719. The largest absolute Gasteiger partial charge is 0.300 e. The first-order valence-electron chi connectivity index (χ1n) is 8.14. The first-order valence-corrected chi connectivity index (χ1v) is 8.14. The van der Waals surface area contributed by atoms with Crippen molar-refractivity contribution in [2.45, 2.75) is 50.1 Å². The van der Waals surface area contributed by atoms with E-state index < -0.39 is 5.54 Å². The molecule has 0 amide bonds. The molecule has 2 aliphatic rings. The van der Waals surface area contributed by atoms with Crippen molar-refractivity contribution in [1.29, 1.82) is 0 Å². The van der Waals surface area contributed by atoms with Gasteiger partial charge >= 0.3 is 0 Å². The number of hydrogen-bond acceptors (Lipinski definition) is 4. The minimum atomic E-state index is -0.398. The molecule has 22 heavy (non-hydrogen) atoms. The summed E-state index contributed by atoms with van der Waals surface area (Å²) in [6.45, 7) is 1.78. The molecular formula is C18H22N2O2. The monoisotopic (exact) mass is 298 g/mol. The van der Waals surface area contributed by atoms with Crippen LogP contribution in [0.4, 0.5) is 0 Å². The van der Waals surface area contributed by atoms with E-state index in [9.17, 15) is 9.59 Å². The van der Waals surface area contributed by atoms with Crippen LogP contribution in [-0.4, -0.2) is 35.9 Å². The number of rotatable bonds is 3. The summed E-state index contributed by atoms with van der Waals surface area (Å²) in [6.07, 6.45) is 6.97. The highest BCUT2D eigenvalue weighted by atomic mass is 16.1. The van der Waals surface area contributed by atoms with Gasteiger partial charge in [-0.2, -0.15) is 4.99 Å². The minimum absolute atomic E-state index is 0.385. The van der Waals surface area contributed by atoms with Crippen LogP contribution in [-0.2, 0) is 15.1 Å². The average Bonchev–Trinajstić information content (AvgIpc) is 2.57. The molecule has 116 valence electrons. The molecule has 1 heterocycles. The van der Waals surface area contributed by atoms with Crippen LogP contribution >= 0.6 is 0 Å². The third kappa shape index (κ3) is 3.03. The summed E-state index contributed by atoms with van der Waals surface area (Å²) in [7, 11) is 0. The number of carbonyl (C=O) groups is 1. The third-order valence-electron chi connectivity index (χ3n) is 5.23. The fourth-order valence-electron chi connectivity index (χ4n) is 3.88. The smallest absolute Gasteiger partial charge is 0.235 e. The number of ketones is 1. The van der Waals surface area contributed by atoms with Crippen LogP contribution in [0.3, 0.4) is 0 Å². The number of hydrogen-bond donors (Lipinski definition) is 0. The molecular weight excluding hydrogens is 276 g/mol. The SMILES string of the molecule is O=C=N[C@]1(c2ccccc2)CC[C@H](N2CCC(=O)CC2)CC1. The highest BCUT2D eigenvalue weighted by Crippen LogP contribution is 2.41. The maximum atomic E-state index is 11.4. The molecule has 1 aromatic rings.